The first-order valence-corrected chi connectivity index (χ1v) is 4.98. The molecule has 0 amide bonds. The molecule has 1 aromatic carbocycles. The third-order valence-corrected chi connectivity index (χ3v) is 2.98. The van der Waals surface area contributed by atoms with Gasteiger partial charge >= 0.3 is 0 Å². The minimum Gasteiger partial charge on any atom is -0.374 e. The molecule has 0 saturated carbocycles. The summed E-state index contributed by atoms with van der Waals surface area (Å²) in [5.74, 6) is 0.679. The van der Waals surface area contributed by atoms with Crippen molar-refractivity contribution in [2.45, 2.75) is 12.8 Å². The van der Waals surface area contributed by atoms with Crippen LogP contribution in [-0.4, -0.2) is 13.6 Å². The zero-order valence-electron chi connectivity index (χ0n) is 7.34. The number of nitrogens with zero attached hydrogens (tertiary/aromatic N) is 1. The van der Waals surface area contributed by atoms with Crippen LogP contribution in [0.25, 0.3) is 0 Å². The second-order valence-corrected chi connectivity index (χ2v) is 4.40. The molecule has 1 nitrogen and oxygen atoms in total. The Morgan fingerprint density at radius 3 is 3.00 bits per heavy atom. The lowest BCUT2D eigenvalue weighted by molar-refractivity contribution is 0.796. The second-order valence-electron chi connectivity index (χ2n) is 3.48. The maximum atomic E-state index is 3.49. The minimum atomic E-state index is 0.679. The Labute approximate surface area is 81.5 Å². The highest BCUT2D eigenvalue weighted by Gasteiger charge is 2.22. The summed E-state index contributed by atoms with van der Waals surface area (Å²) >= 11 is 3.49. The molecule has 2 heteroatoms. The van der Waals surface area contributed by atoms with E-state index < -0.39 is 0 Å². The smallest absolute Gasteiger partial charge is 0.0411 e. The van der Waals surface area contributed by atoms with Gasteiger partial charge in [-0.05, 0) is 17.7 Å². The fraction of sp³-hybridized carbons (Fsp3) is 0.400. The molecule has 0 N–H and O–H groups in total. The van der Waals surface area contributed by atoms with Gasteiger partial charge in [0, 0.05) is 29.7 Å². The van der Waals surface area contributed by atoms with Gasteiger partial charge in [-0.1, -0.05) is 28.9 Å². The molecule has 0 aliphatic carbocycles. The van der Waals surface area contributed by atoms with Crippen LogP contribution in [0.4, 0.5) is 5.69 Å². The van der Waals surface area contributed by atoms with Gasteiger partial charge in [-0.15, -0.1) is 0 Å². The molecule has 0 fully saturated rings. The lowest BCUT2D eigenvalue weighted by Crippen LogP contribution is -2.13. The maximum Gasteiger partial charge on any atom is 0.0411 e. The van der Waals surface area contributed by atoms with Crippen molar-refractivity contribution >= 4 is 21.6 Å². The Kier molecular flexibility index (Phi) is 1.87. The van der Waals surface area contributed by atoms with E-state index in [1.165, 1.54) is 15.7 Å². The number of likely N-dealkylation sites (N-methyl/N-ethyl adjacent to an activating group) is 1. The SMILES string of the molecule is CC1CN(C)c2cc(Br)ccc21. The van der Waals surface area contributed by atoms with Gasteiger partial charge in [0.2, 0.25) is 0 Å². The highest BCUT2D eigenvalue weighted by Crippen LogP contribution is 2.36. The molecule has 1 unspecified atom stereocenters. The van der Waals surface area contributed by atoms with E-state index in [1.807, 2.05) is 0 Å². The number of benzene rings is 1. The van der Waals surface area contributed by atoms with Crippen molar-refractivity contribution in [1.29, 1.82) is 0 Å². The number of fused-ring (bicyclic) bond motifs is 1. The number of anilines is 1. The Balaban J connectivity index is 2.53. The zero-order valence-corrected chi connectivity index (χ0v) is 8.93. The Morgan fingerprint density at radius 1 is 1.50 bits per heavy atom. The third-order valence-electron chi connectivity index (χ3n) is 2.48. The van der Waals surface area contributed by atoms with Gasteiger partial charge in [0.25, 0.3) is 0 Å². The Morgan fingerprint density at radius 2 is 2.25 bits per heavy atom. The predicted molar refractivity (Wildman–Crippen MR) is 55.8 cm³/mol. The summed E-state index contributed by atoms with van der Waals surface area (Å²) in [5, 5.41) is 0. The molecule has 0 radical (unpaired) electrons. The van der Waals surface area contributed by atoms with Crippen molar-refractivity contribution in [3.8, 4) is 0 Å². The molecule has 1 aliphatic heterocycles. The lowest BCUT2D eigenvalue weighted by Gasteiger charge is -2.11. The molecular formula is C10H12BrN. The van der Waals surface area contributed by atoms with E-state index in [4.69, 9.17) is 0 Å². The summed E-state index contributed by atoms with van der Waals surface area (Å²) in [6.45, 7) is 3.42. The molecule has 1 heterocycles. The monoisotopic (exact) mass is 225 g/mol. The Hall–Kier alpha value is -0.500. The van der Waals surface area contributed by atoms with E-state index in [0.717, 1.165) is 6.54 Å². The first-order chi connectivity index (χ1) is 5.68. The van der Waals surface area contributed by atoms with E-state index in [-0.39, 0.29) is 0 Å². The predicted octanol–water partition coefficient (Wildman–Crippen LogP) is 3.00. The summed E-state index contributed by atoms with van der Waals surface area (Å²) in [6.07, 6.45) is 0. The standard InChI is InChI=1S/C10H12BrN/c1-7-6-12(2)10-5-8(11)3-4-9(7)10/h3-5,7H,6H2,1-2H3. The van der Waals surface area contributed by atoms with E-state index >= 15 is 0 Å². The average molecular weight is 226 g/mol. The van der Waals surface area contributed by atoms with Crippen LogP contribution in [0.15, 0.2) is 22.7 Å². The van der Waals surface area contributed by atoms with Gasteiger partial charge < -0.3 is 4.90 Å². The summed E-state index contributed by atoms with van der Waals surface area (Å²) in [6, 6.07) is 6.53. The van der Waals surface area contributed by atoms with Crippen molar-refractivity contribution in [3.05, 3.63) is 28.2 Å². The lowest BCUT2D eigenvalue weighted by atomic mass is 10.0. The molecule has 64 valence electrons. The van der Waals surface area contributed by atoms with Crippen LogP contribution in [0.3, 0.4) is 0 Å². The average Bonchev–Trinajstić information content (AvgIpc) is 2.28. The fourth-order valence-corrected chi connectivity index (χ4v) is 2.22. The molecular weight excluding hydrogens is 214 g/mol. The van der Waals surface area contributed by atoms with E-state index in [1.54, 1.807) is 0 Å². The Bertz CT molecular complexity index is 309. The van der Waals surface area contributed by atoms with Crippen LogP contribution in [0.2, 0.25) is 0 Å². The first kappa shape index (κ1) is 8.11. The maximum absolute atomic E-state index is 3.49. The van der Waals surface area contributed by atoms with Crippen LogP contribution >= 0.6 is 15.9 Å². The van der Waals surface area contributed by atoms with Crippen LogP contribution < -0.4 is 4.90 Å². The molecule has 1 aromatic rings. The molecule has 2 rings (SSSR count). The van der Waals surface area contributed by atoms with Crippen molar-refractivity contribution in [3.63, 3.8) is 0 Å². The van der Waals surface area contributed by atoms with Gasteiger partial charge in [0.15, 0.2) is 0 Å². The highest BCUT2D eigenvalue weighted by atomic mass is 79.9. The number of hydrogen-bond acceptors (Lipinski definition) is 1. The summed E-state index contributed by atoms with van der Waals surface area (Å²) in [5.41, 5.74) is 2.84. The summed E-state index contributed by atoms with van der Waals surface area (Å²) < 4.78 is 1.17. The first-order valence-electron chi connectivity index (χ1n) is 4.19. The molecule has 0 bridgehead atoms. The van der Waals surface area contributed by atoms with Crippen LogP contribution in [0.5, 0.6) is 0 Å². The number of hydrogen-bond donors (Lipinski definition) is 0. The number of rotatable bonds is 0. The molecule has 1 atom stereocenters. The number of halogens is 1. The van der Waals surface area contributed by atoms with Gasteiger partial charge in [-0.25, -0.2) is 0 Å². The van der Waals surface area contributed by atoms with Gasteiger partial charge in [0.05, 0.1) is 0 Å². The van der Waals surface area contributed by atoms with Crippen molar-refractivity contribution in [2.24, 2.45) is 0 Å². The third kappa shape index (κ3) is 1.14. The van der Waals surface area contributed by atoms with E-state index in [9.17, 15) is 0 Å². The summed E-state index contributed by atoms with van der Waals surface area (Å²) in [7, 11) is 2.15. The zero-order chi connectivity index (χ0) is 8.72. The van der Waals surface area contributed by atoms with Gasteiger partial charge in [0.1, 0.15) is 0 Å². The van der Waals surface area contributed by atoms with Gasteiger partial charge in [-0.3, -0.25) is 0 Å². The van der Waals surface area contributed by atoms with Crippen molar-refractivity contribution in [1.82, 2.24) is 0 Å². The minimum absolute atomic E-state index is 0.679. The van der Waals surface area contributed by atoms with Crippen molar-refractivity contribution in [2.75, 3.05) is 18.5 Å². The topological polar surface area (TPSA) is 3.24 Å². The van der Waals surface area contributed by atoms with Crippen molar-refractivity contribution < 1.29 is 0 Å². The van der Waals surface area contributed by atoms with E-state index in [0.29, 0.717) is 5.92 Å². The fourth-order valence-electron chi connectivity index (χ4n) is 1.87. The molecule has 0 aromatic heterocycles. The van der Waals surface area contributed by atoms with Crippen LogP contribution in [-0.2, 0) is 0 Å². The summed E-state index contributed by atoms with van der Waals surface area (Å²) in [4.78, 5) is 2.31. The molecule has 0 spiro atoms. The second kappa shape index (κ2) is 2.77. The normalized spacial score (nSPS) is 21.2. The molecule has 1 aliphatic rings. The van der Waals surface area contributed by atoms with Gasteiger partial charge in [-0.2, -0.15) is 0 Å². The van der Waals surface area contributed by atoms with Crippen LogP contribution in [0.1, 0.15) is 18.4 Å². The van der Waals surface area contributed by atoms with Crippen LogP contribution in [0, 0.1) is 0 Å². The molecule has 12 heavy (non-hydrogen) atoms. The molecule has 0 saturated heterocycles. The quantitative estimate of drug-likeness (QED) is 0.657. The van der Waals surface area contributed by atoms with E-state index in [2.05, 4.69) is 53.0 Å². The largest absolute Gasteiger partial charge is 0.374 e. The highest BCUT2D eigenvalue weighted by molar-refractivity contribution is 9.10.